The van der Waals surface area contributed by atoms with Crippen LogP contribution >= 0.6 is 0 Å². The quantitative estimate of drug-likeness (QED) is 0.852. The van der Waals surface area contributed by atoms with Crippen LogP contribution in [0.25, 0.3) is 0 Å². The van der Waals surface area contributed by atoms with E-state index in [1.54, 1.807) is 12.1 Å². The van der Waals surface area contributed by atoms with Crippen LogP contribution in [0.1, 0.15) is 16.1 Å². The van der Waals surface area contributed by atoms with Gasteiger partial charge in [-0.15, -0.1) is 0 Å². The van der Waals surface area contributed by atoms with E-state index in [0.29, 0.717) is 11.5 Å². The van der Waals surface area contributed by atoms with Gasteiger partial charge in [0.1, 0.15) is 11.5 Å². The second kappa shape index (κ2) is 5.22. The smallest absolute Gasteiger partial charge is 0.255 e. The van der Waals surface area contributed by atoms with E-state index < -0.39 is 5.91 Å². The number of nitrogens with zero attached hydrogens (tertiary/aromatic N) is 1. The molecule has 0 saturated heterocycles. The number of carbonyl (C=O) groups excluding carboxylic acids is 1. The lowest BCUT2D eigenvalue weighted by molar-refractivity contribution is 0.0944. The molecule has 1 amide bonds. The number of amides is 1. The molecule has 0 radical (unpaired) electrons. The van der Waals surface area contributed by atoms with Crippen molar-refractivity contribution in [2.24, 2.45) is 0 Å². The summed E-state index contributed by atoms with van der Waals surface area (Å²) in [7, 11) is 1.48. The fourth-order valence-electron chi connectivity index (χ4n) is 1.43. The second-order valence-electron chi connectivity index (χ2n) is 3.54. The van der Waals surface area contributed by atoms with E-state index >= 15 is 0 Å². The Balaban J connectivity index is 2.04. The molecule has 0 unspecified atom stereocenters. The average Bonchev–Trinajstić information content (AvgIpc) is 2.88. The number of rotatable bonds is 4. The van der Waals surface area contributed by atoms with E-state index in [-0.39, 0.29) is 17.9 Å². The van der Waals surface area contributed by atoms with E-state index in [2.05, 4.69) is 10.5 Å². The molecule has 0 aliphatic rings. The number of nitrogens with one attached hydrogen (secondary N) is 1. The molecule has 2 N–H and O–H groups in total. The molecule has 0 aliphatic heterocycles. The third-order valence-corrected chi connectivity index (χ3v) is 2.36. The van der Waals surface area contributed by atoms with E-state index in [1.165, 1.54) is 25.4 Å². The predicted octanol–water partition coefficient (Wildman–Crippen LogP) is 1.32. The molecule has 0 saturated carbocycles. The number of ether oxygens (including phenoxy) is 1. The van der Waals surface area contributed by atoms with Gasteiger partial charge in [-0.2, -0.15) is 0 Å². The van der Waals surface area contributed by atoms with Crippen LogP contribution < -0.4 is 10.1 Å². The number of phenols is 1. The van der Waals surface area contributed by atoms with Gasteiger partial charge >= 0.3 is 0 Å². The minimum atomic E-state index is -0.397. The lowest BCUT2D eigenvalue weighted by atomic mass is 10.2. The molecule has 18 heavy (non-hydrogen) atoms. The predicted molar refractivity (Wildman–Crippen MR) is 62.3 cm³/mol. The molecule has 0 atom stereocenters. The molecule has 1 aromatic carbocycles. The van der Waals surface area contributed by atoms with Gasteiger partial charge in [0.2, 0.25) is 0 Å². The number of benzene rings is 1. The number of aromatic nitrogens is 1. The molecule has 6 nitrogen and oxygen atoms in total. The van der Waals surface area contributed by atoms with Gasteiger partial charge in [-0.25, -0.2) is 0 Å². The highest BCUT2D eigenvalue weighted by atomic mass is 16.5. The molecule has 2 aromatic rings. The number of hydrogen-bond acceptors (Lipinski definition) is 5. The summed E-state index contributed by atoms with van der Waals surface area (Å²) >= 11 is 0. The van der Waals surface area contributed by atoms with Crippen molar-refractivity contribution in [1.29, 1.82) is 0 Å². The Kier molecular flexibility index (Phi) is 3.47. The van der Waals surface area contributed by atoms with Gasteiger partial charge in [0.05, 0.1) is 25.4 Å². The lowest BCUT2D eigenvalue weighted by Gasteiger charge is -2.06. The molecule has 0 fully saturated rings. The zero-order chi connectivity index (χ0) is 13.0. The van der Waals surface area contributed by atoms with Gasteiger partial charge in [0, 0.05) is 12.1 Å². The van der Waals surface area contributed by atoms with Crippen molar-refractivity contribution >= 4 is 5.91 Å². The Morgan fingerprint density at radius 3 is 2.94 bits per heavy atom. The van der Waals surface area contributed by atoms with E-state index in [1.807, 2.05) is 0 Å². The Bertz CT molecular complexity index is 537. The number of carbonyl (C=O) groups is 1. The topological polar surface area (TPSA) is 84.6 Å². The summed E-state index contributed by atoms with van der Waals surface area (Å²) in [5, 5.41) is 15.8. The average molecular weight is 248 g/mol. The molecule has 94 valence electrons. The standard InChI is InChI=1S/C12H12N2O4/c1-17-8-2-3-10(11(15)6-8)12(16)13-7-9-4-5-14-18-9/h2-6,15H,7H2,1H3,(H,13,16). The van der Waals surface area contributed by atoms with Crippen LogP contribution in [0, 0.1) is 0 Å². The van der Waals surface area contributed by atoms with Crippen molar-refractivity contribution in [3.63, 3.8) is 0 Å². The Morgan fingerprint density at radius 1 is 1.50 bits per heavy atom. The van der Waals surface area contributed by atoms with Gasteiger partial charge < -0.3 is 19.7 Å². The van der Waals surface area contributed by atoms with Gasteiger partial charge in [-0.1, -0.05) is 5.16 Å². The highest BCUT2D eigenvalue weighted by molar-refractivity contribution is 5.96. The molecule has 0 aliphatic carbocycles. The first-order chi connectivity index (χ1) is 8.70. The van der Waals surface area contributed by atoms with E-state index in [9.17, 15) is 9.90 Å². The minimum Gasteiger partial charge on any atom is -0.507 e. The summed E-state index contributed by atoms with van der Waals surface area (Å²) in [5.41, 5.74) is 0.176. The molecule has 1 heterocycles. The van der Waals surface area contributed by atoms with Crippen molar-refractivity contribution in [2.75, 3.05) is 7.11 Å². The van der Waals surface area contributed by atoms with Crippen molar-refractivity contribution in [3.8, 4) is 11.5 Å². The van der Waals surface area contributed by atoms with Crippen LogP contribution in [-0.2, 0) is 6.54 Å². The third-order valence-electron chi connectivity index (χ3n) is 2.36. The molecule has 2 rings (SSSR count). The molecule has 0 spiro atoms. The Labute approximate surface area is 103 Å². The van der Waals surface area contributed by atoms with E-state index in [4.69, 9.17) is 9.26 Å². The zero-order valence-electron chi connectivity index (χ0n) is 9.71. The van der Waals surface area contributed by atoms with Crippen LogP contribution in [0.3, 0.4) is 0 Å². The summed E-state index contributed by atoms with van der Waals surface area (Å²) in [6.45, 7) is 0.213. The first-order valence-electron chi connectivity index (χ1n) is 5.25. The summed E-state index contributed by atoms with van der Waals surface area (Å²) in [4.78, 5) is 11.8. The number of hydrogen-bond donors (Lipinski definition) is 2. The monoisotopic (exact) mass is 248 g/mol. The zero-order valence-corrected chi connectivity index (χ0v) is 9.71. The maximum Gasteiger partial charge on any atom is 0.255 e. The summed E-state index contributed by atoms with van der Waals surface area (Å²) in [6.07, 6.45) is 1.49. The van der Waals surface area contributed by atoms with Crippen LogP contribution in [0.4, 0.5) is 0 Å². The lowest BCUT2D eigenvalue weighted by Crippen LogP contribution is -2.22. The first-order valence-corrected chi connectivity index (χ1v) is 5.25. The summed E-state index contributed by atoms with van der Waals surface area (Å²) in [6, 6.07) is 6.12. The van der Waals surface area contributed by atoms with Crippen LogP contribution in [0.5, 0.6) is 11.5 Å². The van der Waals surface area contributed by atoms with Crippen molar-refractivity contribution in [3.05, 3.63) is 41.8 Å². The largest absolute Gasteiger partial charge is 0.507 e. The van der Waals surface area contributed by atoms with Crippen LogP contribution in [0.15, 0.2) is 35.0 Å². The number of methoxy groups -OCH3 is 1. The van der Waals surface area contributed by atoms with Gasteiger partial charge in [0.25, 0.3) is 5.91 Å². The van der Waals surface area contributed by atoms with Gasteiger partial charge in [-0.05, 0) is 12.1 Å². The normalized spacial score (nSPS) is 10.1. The molecular formula is C12H12N2O4. The van der Waals surface area contributed by atoms with Crippen molar-refractivity contribution < 1.29 is 19.2 Å². The van der Waals surface area contributed by atoms with Crippen molar-refractivity contribution in [1.82, 2.24) is 10.5 Å². The highest BCUT2D eigenvalue weighted by Gasteiger charge is 2.12. The van der Waals surface area contributed by atoms with Crippen molar-refractivity contribution in [2.45, 2.75) is 6.54 Å². The second-order valence-corrected chi connectivity index (χ2v) is 3.54. The fourth-order valence-corrected chi connectivity index (χ4v) is 1.43. The number of aromatic hydroxyl groups is 1. The summed E-state index contributed by atoms with van der Waals surface area (Å²) in [5.74, 6) is 0.492. The number of phenolic OH excluding ortho intramolecular Hbond substituents is 1. The first kappa shape index (κ1) is 12.0. The third kappa shape index (κ3) is 2.60. The maximum atomic E-state index is 11.8. The highest BCUT2D eigenvalue weighted by Crippen LogP contribution is 2.23. The fraction of sp³-hybridized carbons (Fsp3) is 0.167. The summed E-state index contributed by atoms with van der Waals surface area (Å²) < 4.78 is 9.77. The maximum absolute atomic E-state index is 11.8. The van der Waals surface area contributed by atoms with Gasteiger partial charge in [-0.3, -0.25) is 4.79 Å². The SMILES string of the molecule is COc1ccc(C(=O)NCc2ccno2)c(O)c1. The molecule has 1 aromatic heterocycles. The minimum absolute atomic E-state index is 0.135. The van der Waals surface area contributed by atoms with Crippen LogP contribution in [0.2, 0.25) is 0 Å². The van der Waals surface area contributed by atoms with Crippen LogP contribution in [-0.4, -0.2) is 23.3 Å². The molecule has 6 heteroatoms. The van der Waals surface area contributed by atoms with Gasteiger partial charge in [0.15, 0.2) is 5.76 Å². The molecule has 0 bridgehead atoms. The Hall–Kier alpha value is -2.50. The van der Waals surface area contributed by atoms with E-state index in [0.717, 1.165) is 0 Å². The Morgan fingerprint density at radius 2 is 2.33 bits per heavy atom. The molecular weight excluding hydrogens is 236 g/mol.